The summed E-state index contributed by atoms with van der Waals surface area (Å²) in [5.41, 5.74) is 2.71. The van der Waals surface area contributed by atoms with Gasteiger partial charge in [-0.1, -0.05) is 86.9 Å². The van der Waals surface area contributed by atoms with Crippen molar-refractivity contribution in [2.24, 2.45) is 5.92 Å². The number of piperidine rings is 1. The molecule has 0 amide bonds. The Labute approximate surface area is 226 Å². The Kier molecular flexibility index (Phi) is 9.25. The summed E-state index contributed by atoms with van der Waals surface area (Å²) in [6, 6.07) is 16.1. The monoisotopic (exact) mass is 702 g/mol. The Hall–Kier alpha value is -1.47. The average molecular weight is 702 g/mol. The first kappa shape index (κ1) is 26.6. The van der Waals surface area contributed by atoms with Crippen LogP contribution >= 0.6 is 41.5 Å². The molecule has 1 saturated heterocycles. The predicted octanol–water partition coefficient (Wildman–Crippen LogP) is 5.43. The van der Waals surface area contributed by atoms with Gasteiger partial charge in [0.1, 0.15) is 17.7 Å². The standard InChI is InChI=1S/C27H32I2N2O4/c1-27(33,18-32)22-10-7-13-31(16-22)15-21-12-11-20(14-24(21)35-26(28-2)29-3)25-30-23(17-34-25)19-8-5-4-6-9-19/h4-6,8-9,11-12,14,17,22,26,32-33H,2-3,7,10,13,15-16,18H2,1H3/t22-,27+/m0/s1. The quantitative estimate of drug-likeness (QED) is 0.217. The number of benzene rings is 2. The number of aliphatic hydroxyl groups is 2. The largest absolute Gasteiger partial charge is 0.471 e. The summed E-state index contributed by atoms with van der Waals surface area (Å²) in [7, 11) is 0. The number of alkyl halides is 2. The highest BCUT2D eigenvalue weighted by atomic mass is 127. The number of hydrogen-bond donors (Lipinski definition) is 2. The molecule has 2 heterocycles. The molecule has 2 atom stereocenters. The van der Waals surface area contributed by atoms with Crippen molar-refractivity contribution in [3.8, 4) is 28.5 Å². The first-order valence-electron chi connectivity index (χ1n) is 11.5. The van der Waals surface area contributed by atoms with Gasteiger partial charge in [0.05, 0.1) is 12.2 Å². The number of nitrogens with zero attached hydrogens (tertiary/aromatic N) is 2. The normalized spacial score (nSPS) is 18.5. The third kappa shape index (κ3) is 6.65. The molecule has 8 heteroatoms. The SMILES string of the molecule is C=IC(Oc1cc(-c2nc(-c3ccccc3)co2)ccc1CN1CCC[C@H]([C@](C)(O)CO)C1)I=C. The molecule has 6 nitrogen and oxygen atoms in total. The number of ether oxygens (including phenoxy) is 1. The fourth-order valence-corrected chi connectivity index (χ4v) is 7.07. The van der Waals surface area contributed by atoms with Gasteiger partial charge in [-0.2, -0.15) is 0 Å². The fourth-order valence-electron chi connectivity index (χ4n) is 4.35. The molecule has 2 aromatic carbocycles. The molecular formula is C27H32I2N2O4. The molecule has 0 radical (unpaired) electrons. The van der Waals surface area contributed by atoms with Gasteiger partial charge in [-0.05, 0) is 38.4 Å². The summed E-state index contributed by atoms with van der Waals surface area (Å²) >= 11 is -0.669. The minimum atomic E-state index is -1.06. The number of oxazole rings is 1. The van der Waals surface area contributed by atoms with Crippen molar-refractivity contribution in [2.75, 3.05) is 19.7 Å². The molecule has 0 bridgehead atoms. The van der Waals surface area contributed by atoms with Gasteiger partial charge in [-0.15, -0.1) is 0 Å². The molecule has 1 aliphatic rings. The molecule has 0 spiro atoms. The fraction of sp³-hybridized carbons (Fsp3) is 0.370. The highest BCUT2D eigenvalue weighted by molar-refractivity contribution is 14.3. The van der Waals surface area contributed by atoms with Gasteiger partial charge in [0.15, 0.2) is 2.12 Å². The summed E-state index contributed by atoms with van der Waals surface area (Å²) in [6.07, 6.45) is 3.59. The van der Waals surface area contributed by atoms with Crippen LogP contribution in [0.15, 0.2) is 59.2 Å². The van der Waals surface area contributed by atoms with E-state index in [4.69, 9.17) is 14.1 Å². The van der Waals surface area contributed by atoms with E-state index in [-0.39, 0.29) is 56.1 Å². The van der Waals surface area contributed by atoms with E-state index in [1.165, 1.54) is 0 Å². The number of hydrogen-bond acceptors (Lipinski definition) is 6. The van der Waals surface area contributed by atoms with Crippen molar-refractivity contribution in [3.63, 3.8) is 0 Å². The summed E-state index contributed by atoms with van der Waals surface area (Å²) in [5.74, 6) is 1.43. The first-order chi connectivity index (χ1) is 16.9. The van der Waals surface area contributed by atoms with Crippen LogP contribution < -0.4 is 4.74 Å². The Morgan fingerprint density at radius 3 is 2.69 bits per heavy atom. The van der Waals surface area contributed by atoms with E-state index in [0.717, 1.165) is 54.1 Å². The van der Waals surface area contributed by atoms with Crippen molar-refractivity contribution >= 4 is 50.5 Å². The van der Waals surface area contributed by atoms with Gasteiger partial charge in [-0.25, -0.2) is 4.98 Å². The molecule has 2 N–H and O–H groups in total. The molecule has 0 aliphatic carbocycles. The van der Waals surface area contributed by atoms with Gasteiger partial charge in [0, 0.05) is 35.7 Å². The van der Waals surface area contributed by atoms with Crippen molar-refractivity contribution in [2.45, 2.75) is 34.0 Å². The van der Waals surface area contributed by atoms with Crippen LogP contribution in [0.4, 0.5) is 0 Å². The van der Waals surface area contributed by atoms with Gasteiger partial charge >= 0.3 is 0 Å². The van der Waals surface area contributed by atoms with Crippen LogP contribution in [0.2, 0.25) is 0 Å². The zero-order valence-electron chi connectivity index (χ0n) is 19.9. The molecule has 1 aromatic heterocycles. The third-order valence-corrected chi connectivity index (χ3v) is 12.8. The van der Waals surface area contributed by atoms with Gasteiger partial charge in [0.25, 0.3) is 0 Å². The number of likely N-dealkylation sites (tertiary alicyclic amines) is 1. The van der Waals surface area contributed by atoms with E-state index >= 15 is 0 Å². The number of halogens is 2. The van der Waals surface area contributed by atoms with Crippen LogP contribution in [0.25, 0.3) is 22.7 Å². The van der Waals surface area contributed by atoms with E-state index in [1.54, 1.807) is 13.2 Å². The highest BCUT2D eigenvalue weighted by Crippen LogP contribution is 2.35. The lowest BCUT2D eigenvalue weighted by Gasteiger charge is -2.39. The lowest BCUT2D eigenvalue weighted by Crippen LogP contribution is -2.47. The topological polar surface area (TPSA) is 79.0 Å². The Morgan fingerprint density at radius 1 is 1.20 bits per heavy atom. The molecule has 35 heavy (non-hydrogen) atoms. The molecule has 0 unspecified atom stereocenters. The van der Waals surface area contributed by atoms with Crippen LogP contribution in [0.5, 0.6) is 5.75 Å². The van der Waals surface area contributed by atoms with Crippen LogP contribution in [-0.4, -0.2) is 56.5 Å². The smallest absolute Gasteiger partial charge is 0.226 e. The second-order valence-corrected chi connectivity index (χ2v) is 15.4. The van der Waals surface area contributed by atoms with Gasteiger partial charge < -0.3 is 19.4 Å². The van der Waals surface area contributed by atoms with Crippen molar-refractivity contribution in [1.29, 1.82) is 0 Å². The van der Waals surface area contributed by atoms with Gasteiger partial charge in [0.2, 0.25) is 5.89 Å². The van der Waals surface area contributed by atoms with Crippen LogP contribution in [0.3, 0.4) is 0 Å². The van der Waals surface area contributed by atoms with E-state index in [1.807, 2.05) is 42.5 Å². The van der Waals surface area contributed by atoms with E-state index in [2.05, 4.69) is 20.0 Å². The van der Waals surface area contributed by atoms with Crippen molar-refractivity contribution in [3.05, 3.63) is 60.4 Å². The Morgan fingerprint density at radius 2 is 1.97 bits per heavy atom. The zero-order chi connectivity index (χ0) is 24.8. The molecule has 1 fully saturated rings. The summed E-state index contributed by atoms with van der Waals surface area (Å²) in [4.78, 5) is 7.05. The molecular weight excluding hydrogens is 670 g/mol. The Balaban J connectivity index is 1.60. The van der Waals surface area contributed by atoms with Gasteiger partial charge in [-0.3, -0.25) is 4.90 Å². The Bertz CT molecular complexity index is 1140. The van der Waals surface area contributed by atoms with E-state index < -0.39 is 5.60 Å². The predicted molar refractivity (Wildman–Crippen MR) is 160 cm³/mol. The second-order valence-electron chi connectivity index (χ2n) is 9.00. The number of aliphatic hydroxyl groups excluding tert-OH is 1. The molecule has 1 aliphatic heterocycles. The minimum absolute atomic E-state index is 0.0396. The van der Waals surface area contributed by atoms with Crippen molar-refractivity contribution in [1.82, 2.24) is 9.88 Å². The lowest BCUT2D eigenvalue weighted by molar-refractivity contribution is -0.0697. The molecule has 3 aromatic rings. The van der Waals surface area contributed by atoms with Crippen LogP contribution in [-0.2, 0) is 6.54 Å². The average Bonchev–Trinajstić information content (AvgIpc) is 3.39. The maximum atomic E-state index is 10.6. The summed E-state index contributed by atoms with van der Waals surface area (Å²) in [5, 5.41) is 20.2. The second kappa shape index (κ2) is 12.2. The number of rotatable bonds is 10. The van der Waals surface area contributed by atoms with E-state index in [0.29, 0.717) is 12.4 Å². The summed E-state index contributed by atoms with van der Waals surface area (Å²) in [6.45, 7) is 3.91. The summed E-state index contributed by atoms with van der Waals surface area (Å²) < 4.78 is 20.7. The van der Waals surface area contributed by atoms with Crippen molar-refractivity contribution < 1.29 is 19.4 Å². The first-order valence-corrected chi connectivity index (χ1v) is 17.1. The third-order valence-electron chi connectivity index (χ3n) is 6.45. The lowest BCUT2D eigenvalue weighted by atomic mass is 9.83. The zero-order valence-corrected chi connectivity index (χ0v) is 24.2. The molecule has 188 valence electrons. The number of aromatic nitrogens is 1. The maximum absolute atomic E-state index is 10.6. The van der Waals surface area contributed by atoms with E-state index in [9.17, 15) is 10.2 Å². The van der Waals surface area contributed by atoms with Crippen LogP contribution in [0.1, 0.15) is 25.3 Å². The van der Waals surface area contributed by atoms with Crippen LogP contribution in [0, 0.1) is 5.92 Å². The molecule has 0 saturated carbocycles. The maximum Gasteiger partial charge on any atom is 0.226 e. The molecule has 4 rings (SSSR count). The highest BCUT2D eigenvalue weighted by Gasteiger charge is 2.34. The minimum Gasteiger partial charge on any atom is -0.471 e.